The number of benzene rings is 1. The molecule has 2 fully saturated rings. The molecule has 2 saturated carbocycles. The van der Waals surface area contributed by atoms with Gasteiger partial charge in [-0.3, -0.25) is 4.79 Å². The molecule has 1 amide bonds. The monoisotopic (exact) mass is 381 g/mol. The zero-order valence-corrected chi connectivity index (χ0v) is 16.2. The van der Waals surface area contributed by atoms with E-state index in [9.17, 15) is 4.79 Å². The lowest BCUT2D eigenvalue weighted by Gasteiger charge is -2.18. The van der Waals surface area contributed by atoms with Crippen LogP contribution < -0.4 is 10.1 Å². The molecular formula is C21H23N3O2S. The van der Waals surface area contributed by atoms with Gasteiger partial charge >= 0.3 is 0 Å². The third-order valence-electron chi connectivity index (χ3n) is 6.52. The molecule has 5 nitrogen and oxygen atoms in total. The highest BCUT2D eigenvalue weighted by molar-refractivity contribution is 7.15. The minimum absolute atomic E-state index is 0.103. The number of methoxy groups -OCH3 is 1. The van der Waals surface area contributed by atoms with Gasteiger partial charge in [0.15, 0.2) is 0 Å². The Labute approximate surface area is 162 Å². The zero-order chi connectivity index (χ0) is 18.4. The van der Waals surface area contributed by atoms with Crippen LogP contribution in [0.2, 0.25) is 0 Å². The SMILES string of the molecule is COc1cccc(CCc2nnc(NC(=O)[C@@H]3C[C@H]4C=C[C@H]3C43CC3)s2)c1. The highest BCUT2D eigenvalue weighted by atomic mass is 32.1. The molecule has 0 aliphatic heterocycles. The van der Waals surface area contributed by atoms with E-state index in [4.69, 9.17) is 4.74 Å². The highest BCUT2D eigenvalue weighted by Crippen LogP contribution is 2.70. The third kappa shape index (κ3) is 2.96. The van der Waals surface area contributed by atoms with E-state index in [1.54, 1.807) is 7.11 Å². The minimum Gasteiger partial charge on any atom is -0.497 e. The van der Waals surface area contributed by atoms with Crippen LogP contribution in [0.3, 0.4) is 0 Å². The van der Waals surface area contributed by atoms with Crippen molar-refractivity contribution in [3.8, 4) is 5.75 Å². The van der Waals surface area contributed by atoms with Crippen molar-refractivity contribution in [2.75, 3.05) is 12.4 Å². The van der Waals surface area contributed by atoms with Gasteiger partial charge in [0.2, 0.25) is 11.0 Å². The van der Waals surface area contributed by atoms with E-state index in [2.05, 4.69) is 33.7 Å². The summed E-state index contributed by atoms with van der Waals surface area (Å²) in [6.07, 6.45) is 9.86. The smallest absolute Gasteiger partial charge is 0.229 e. The topological polar surface area (TPSA) is 64.1 Å². The molecule has 5 rings (SSSR count). The average molecular weight is 382 g/mol. The van der Waals surface area contributed by atoms with Crippen molar-refractivity contribution >= 4 is 22.4 Å². The Balaban J connectivity index is 1.19. The number of carbonyl (C=O) groups is 1. The van der Waals surface area contributed by atoms with Crippen LogP contribution in [0.15, 0.2) is 36.4 Å². The first kappa shape index (κ1) is 16.9. The number of allylic oxidation sites excluding steroid dienone is 2. The number of nitrogens with one attached hydrogen (secondary N) is 1. The summed E-state index contributed by atoms with van der Waals surface area (Å²) in [4.78, 5) is 12.8. The van der Waals surface area contributed by atoms with E-state index in [0.29, 0.717) is 22.4 Å². The number of aryl methyl sites for hydroxylation is 2. The molecule has 1 heterocycles. The van der Waals surface area contributed by atoms with E-state index in [1.165, 1.54) is 29.7 Å². The van der Waals surface area contributed by atoms with E-state index in [-0.39, 0.29) is 11.8 Å². The number of carbonyl (C=O) groups excluding carboxylic acids is 1. The third-order valence-corrected chi connectivity index (χ3v) is 7.42. The Bertz CT molecular complexity index is 902. The number of rotatable bonds is 6. The first-order valence-corrected chi connectivity index (χ1v) is 10.4. The van der Waals surface area contributed by atoms with Gasteiger partial charge in [-0.1, -0.05) is 35.6 Å². The van der Waals surface area contributed by atoms with Crippen molar-refractivity contribution in [1.82, 2.24) is 10.2 Å². The van der Waals surface area contributed by atoms with Gasteiger partial charge in [-0.05, 0) is 60.6 Å². The molecule has 1 spiro atoms. The van der Waals surface area contributed by atoms with Gasteiger partial charge in [0, 0.05) is 12.3 Å². The normalized spacial score (nSPS) is 26.5. The van der Waals surface area contributed by atoms with Crippen molar-refractivity contribution in [2.45, 2.75) is 32.1 Å². The van der Waals surface area contributed by atoms with Crippen LogP contribution >= 0.6 is 11.3 Å². The van der Waals surface area contributed by atoms with Crippen LogP contribution in [0.1, 0.15) is 29.8 Å². The largest absolute Gasteiger partial charge is 0.497 e. The van der Waals surface area contributed by atoms with Crippen LogP contribution in [-0.4, -0.2) is 23.2 Å². The molecule has 3 aliphatic rings. The first-order chi connectivity index (χ1) is 13.2. The number of hydrogen-bond acceptors (Lipinski definition) is 5. The van der Waals surface area contributed by atoms with Crippen LogP contribution in [0.25, 0.3) is 0 Å². The van der Waals surface area contributed by atoms with Crippen LogP contribution in [0.4, 0.5) is 5.13 Å². The predicted octanol–water partition coefficient (Wildman–Crippen LogP) is 3.87. The zero-order valence-electron chi connectivity index (χ0n) is 15.4. The first-order valence-electron chi connectivity index (χ1n) is 9.62. The van der Waals surface area contributed by atoms with Crippen molar-refractivity contribution in [3.05, 3.63) is 47.0 Å². The van der Waals surface area contributed by atoms with Gasteiger partial charge in [-0.15, -0.1) is 10.2 Å². The summed E-state index contributed by atoms with van der Waals surface area (Å²) in [5.41, 5.74) is 1.64. The molecule has 3 aliphatic carbocycles. The molecule has 0 unspecified atom stereocenters. The van der Waals surface area contributed by atoms with E-state index in [0.717, 1.165) is 30.0 Å². The molecular weight excluding hydrogens is 358 g/mol. The second-order valence-electron chi connectivity index (χ2n) is 7.93. The van der Waals surface area contributed by atoms with Gasteiger partial charge in [-0.25, -0.2) is 0 Å². The summed E-state index contributed by atoms with van der Waals surface area (Å²) >= 11 is 1.48. The lowest BCUT2D eigenvalue weighted by Crippen LogP contribution is -2.27. The molecule has 2 bridgehead atoms. The number of amides is 1. The van der Waals surface area contributed by atoms with Crippen LogP contribution in [0, 0.1) is 23.2 Å². The maximum atomic E-state index is 12.8. The fourth-order valence-corrected chi connectivity index (χ4v) is 5.70. The molecule has 1 aromatic carbocycles. The Kier molecular flexibility index (Phi) is 4.04. The molecule has 6 heteroatoms. The fraction of sp³-hybridized carbons (Fsp3) is 0.476. The molecule has 0 saturated heterocycles. The van der Waals surface area contributed by atoms with Crippen molar-refractivity contribution in [1.29, 1.82) is 0 Å². The van der Waals surface area contributed by atoms with Crippen LogP contribution in [0.5, 0.6) is 5.75 Å². The van der Waals surface area contributed by atoms with Gasteiger partial charge in [0.1, 0.15) is 10.8 Å². The number of nitrogens with zero attached hydrogens (tertiary/aromatic N) is 2. The number of ether oxygens (including phenoxy) is 1. The fourth-order valence-electron chi connectivity index (χ4n) is 4.95. The summed E-state index contributed by atoms with van der Waals surface area (Å²) < 4.78 is 5.27. The minimum atomic E-state index is 0.103. The van der Waals surface area contributed by atoms with Gasteiger partial charge in [-0.2, -0.15) is 0 Å². The van der Waals surface area contributed by atoms with Crippen molar-refractivity contribution in [3.63, 3.8) is 0 Å². The highest BCUT2D eigenvalue weighted by Gasteiger charge is 2.64. The summed E-state index contributed by atoms with van der Waals surface area (Å²) in [7, 11) is 1.68. The van der Waals surface area contributed by atoms with Crippen molar-refractivity contribution < 1.29 is 9.53 Å². The lowest BCUT2D eigenvalue weighted by molar-refractivity contribution is -0.120. The average Bonchev–Trinajstić information content (AvgIpc) is 3.14. The number of hydrogen-bond donors (Lipinski definition) is 1. The number of aromatic nitrogens is 2. The molecule has 27 heavy (non-hydrogen) atoms. The van der Waals surface area contributed by atoms with E-state index < -0.39 is 0 Å². The van der Waals surface area contributed by atoms with Crippen LogP contribution in [-0.2, 0) is 17.6 Å². The quantitative estimate of drug-likeness (QED) is 0.772. The molecule has 1 aromatic heterocycles. The second-order valence-corrected chi connectivity index (χ2v) is 9.00. The molecule has 0 radical (unpaired) electrons. The second kappa shape index (κ2) is 6.44. The standard InChI is InChI=1S/C21H23N3O2S/c1-26-15-4-2-3-13(11-15)5-8-18-23-24-20(27-18)22-19(25)16-12-14-6-7-17(16)21(14)9-10-21/h2-4,6-7,11,14,16-17H,5,8-10,12H2,1H3,(H,22,24,25)/t14-,16-,17-/m1/s1. The summed E-state index contributed by atoms with van der Waals surface area (Å²) in [6, 6.07) is 8.07. The summed E-state index contributed by atoms with van der Waals surface area (Å²) in [5.74, 6) is 2.14. The summed E-state index contributed by atoms with van der Waals surface area (Å²) in [6.45, 7) is 0. The number of anilines is 1. The predicted molar refractivity (Wildman–Crippen MR) is 105 cm³/mol. The van der Waals surface area contributed by atoms with Crippen molar-refractivity contribution in [2.24, 2.45) is 23.2 Å². The van der Waals surface area contributed by atoms with E-state index >= 15 is 0 Å². The molecule has 1 N–H and O–H groups in total. The van der Waals surface area contributed by atoms with Gasteiger partial charge in [0.05, 0.1) is 7.11 Å². The summed E-state index contributed by atoms with van der Waals surface area (Å²) in [5, 5.41) is 13.0. The lowest BCUT2D eigenvalue weighted by atomic mass is 9.88. The molecule has 3 atom stereocenters. The van der Waals surface area contributed by atoms with E-state index in [1.807, 2.05) is 18.2 Å². The Morgan fingerprint density at radius 3 is 2.96 bits per heavy atom. The Morgan fingerprint density at radius 1 is 1.30 bits per heavy atom. The Morgan fingerprint density at radius 2 is 2.19 bits per heavy atom. The maximum Gasteiger partial charge on any atom is 0.229 e. The Hall–Kier alpha value is -2.21. The van der Waals surface area contributed by atoms with Gasteiger partial charge < -0.3 is 10.1 Å². The maximum absolute atomic E-state index is 12.8. The molecule has 2 aromatic rings. The van der Waals surface area contributed by atoms with Gasteiger partial charge in [0.25, 0.3) is 0 Å². The molecule has 140 valence electrons.